The lowest BCUT2D eigenvalue weighted by atomic mass is 10.00. The van der Waals surface area contributed by atoms with Gasteiger partial charge < -0.3 is 35.2 Å². The molecule has 5 rings (SSSR count). The molecule has 5 amide bonds. The van der Waals surface area contributed by atoms with Crippen molar-refractivity contribution in [3.63, 3.8) is 0 Å². The smallest absolute Gasteiger partial charge is 0.407 e. The van der Waals surface area contributed by atoms with E-state index in [2.05, 4.69) is 25.7 Å². The number of fused-ring (bicyclic) bond motifs is 1. The molecule has 288 valence electrons. The maximum atomic E-state index is 13.5. The number of methoxy groups -OCH3 is 2. The molecule has 0 bridgehead atoms. The molecule has 4 heterocycles. The van der Waals surface area contributed by atoms with Gasteiger partial charge in [-0.25, -0.2) is 14.6 Å². The van der Waals surface area contributed by atoms with Crippen molar-refractivity contribution in [2.45, 2.75) is 84.0 Å². The molecule has 0 spiro atoms. The molecule has 2 aliphatic rings. The van der Waals surface area contributed by atoms with Crippen molar-refractivity contribution in [2.75, 3.05) is 32.6 Å². The molecule has 0 unspecified atom stereocenters. The zero-order valence-electron chi connectivity index (χ0n) is 31.6. The quantitative estimate of drug-likeness (QED) is 0.244. The van der Waals surface area contributed by atoms with Crippen molar-refractivity contribution in [2.24, 2.45) is 11.8 Å². The predicted octanol–water partition coefficient (Wildman–Crippen LogP) is 4.09. The van der Waals surface area contributed by atoms with Crippen molar-refractivity contribution in [3.05, 3.63) is 54.4 Å². The Balaban J connectivity index is 1.21. The molecule has 3 N–H and O–H groups in total. The first-order valence-corrected chi connectivity index (χ1v) is 18.3. The molecule has 15 heteroatoms. The number of alkyl carbamates (subject to hydrolysis) is 2. The number of rotatable bonds is 12. The Morgan fingerprint density at radius 1 is 0.759 bits per heavy atom. The second kappa shape index (κ2) is 17.5. The number of likely N-dealkylation sites (tertiary alicyclic amines) is 2. The number of pyridine rings is 2. The number of nitrogens with one attached hydrogen (secondary N) is 3. The van der Waals surface area contributed by atoms with Crippen LogP contribution in [0, 0.1) is 11.8 Å². The topological polar surface area (TPSA) is 189 Å². The molecule has 0 radical (unpaired) electrons. The van der Waals surface area contributed by atoms with Crippen LogP contribution in [-0.4, -0.2) is 107 Å². The molecule has 1 aromatic carbocycles. The lowest BCUT2D eigenvalue weighted by Gasteiger charge is -2.30. The second-order valence-corrected chi connectivity index (χ2v) is 14.4. The molecule has 2 aliphatic heterocycles. The standard InChI is InChI=1S/C39H49N7O8/c1-22(2)33(43-38(51)53-5)36(49)45-17-7-9-29(45)31(47)20-27-14-11-25-19-24(12-15-28(25)41-27)26-13-16-32(40-21-26)42-35(48)30-10-8-18-46(30)37(50)34(23(3)4)44-39(52)54-6/h11-16,19,21-23,29-30,33-34H,7-10,17-18,20H2,1-6H3,(H,43,51)(H,44,52)(H,40,42,48)/t29-,30-,33-,34-/m0/s1. The summed E-state index contributed by atoms with van der Waals surface area (Å²) in [5, 5.41) is 8.88. The zero-order valence-corrected chi connectivity index (χ0v) is 31.6. The number of Topliss-reactive ketones (excluding diaryl/α,β-unsaturated/α-hetero) is 1. The summed E-state index contributed by atoms with van der Waals surface area (Å²) in [6.07, 6.45) is 2.71. The number of ketones is 1. The maximum Gasteiger partial charge on any atom is 0.407 e. The summed E-state index contributed by atoms with van der Waals surface area (Å²) in [5.41, 5.74) is 2.99. The molecule has 0 saturated carbocycles. The summed E-state index contributed by atoms with van der Waals surface area (Å²) in [6, 6.07) is 10.1. The van der Waals surface area contributed by atoms with Crippen molar-refractivity contribution < 1.29 is 38.2 Å². The van der Waals surface area contributed by atoms with Gasteiger partial charge in [0.25, 0.3) is 0 Å². The molecular formula is C39H49N7O8. The van der Waals surface area contributed by atoms with Gasteiger partial charge in [0.1, 0.15) is 23.9 Å². The number of hydrogen-bond acceptors (Lipinski definition) is 10. The van der Waals surface area contributed by atoms with E-state index in [4.69, 9.17) is 9.72 Å². The van der Waals surface area contributed by atoms with E-state index in [0.717, 1.165) is 16.5 Å². The van der Waals surface area contributed by atoms with Gasteiger partial charge >= 0.3 is 12.2 Å². The molecule has 2 aromatic heterocycles. The van der Waals surface area contributed by atoms with Crippen molar-refractivity contribution >= 4 is 52.4 Å². The highest BCUT2D eigenvalue weighted by Gasteiger charge is 2.40. The van der Waals surface area contributed by atoms with Crippen LogP contribution < -0.4 is 16.0 Å². The highest BCUT2D eigenvalue weighted by Crippen LogP contribution is 2.27. The average molecular weight is 744 g/mol. The minimum atomic E-state index is -0.823. The van der Waals surface area contributed by atoms with Gasteiger partial charge in [-0.3, -0.25) is 24.2 Å². The molecule has 2 saturated heterocycles. The number of anilines is 1. The number of ether oxygens (including phenoxy) is 2. The number of carbonyl (C=O) groups is 6. The Morgan fingerprint density at radius 3 is 1.89 bits per heavy atom. The van der Waals surface area contributed by atoms with Crippen LogP contribution in [0.4, 0.5) is 15.4 Å². The first-order chi connectivity index (χ1) is 25.8. The third-order valence-electron chi connectivity index (χ3n) is 9.98. The summed E-state index contributed by atoms with van der Waals surface area (Å²) < 4.78 is 9.37. The van der Waals surface area contributed by atoms with E-state index < -0.39 is 36.4 Å². The number of hydrogen-bond donors (Lipinski definition) is 3. The second-order valence-electron chi connectivity index (χ2n) is 14.4. The number of benzene rings is 1. The van der Waals surface area contributed by atoms with E-state index in [0.29, 0.717) is 55.8 Å². The van der Waals surface area contributed by atoms with E-state index >= 15 is 0 Å². The summed E-state index contributed by atoms with van der Waals surface area (Å²) in [4.78, 5) is 89.5. The van der Waals surface area contributed by atoms with Gasteiger partial charge in [0.15, 0.2) is 5.78 Å². The number of aromatic nitrogens is 2. The Hall–Kier alpha value is -5.60. The van der Waals surface area contributed by atoms with Crippen LogP contribution in [0.1, 0.15) is 59.1 Å². The van der Waals surface area contributed by atoms with E-state index in [-0.39, 0.29) is 41.8 Å². The van der Waals surface area contributed by atoms with Crippen LogP contribution >= 0.6 is 0 Å². The monoisotopic (exact) mass is 743 g/mol. The van der Waals surface area contributed by atoms with Crippen molar-refractivity contribution in [1.29, 1.82) is 0 Å². The molecule has 15 nitrogen and oxygen atoms in total. The van der Waals surface area contributed by atoms with Crippen LogP contribution in [0.3, 0.4) is 0 Å². The zero-order chi connectivity index (χ0) is 39.1. The SMILES string of the molecule is COC(=O)N[C@H](C(=O)N1CCC[C@H]1C(=O)Cc1ccc2cc(-c3ccc(NC(=O)[C@@H]4CCCN4C(=O)[C@@H](NC(=O)OC)C(C)C)nc3)ccc2n1)C(C)C. The van der Waals surface area contributed by atoms with Crippen LogP contribution in [0.25, 0.3) is 22.0 Å². The molecular weight excluding hydrogens is 694 g/mol. The van der Waals surface area contributed by atoms with Gasteiger partial charge in [-0.1, -0.05) is 39.8 Å². The van der Waals surface area contributed by atoms with Crippen LogP contribution in [0.5, 0.6) is 0 Å². The highest BCUT2D eigenvalue weighted by atomic mass is 16.5. The van der Waals surface area contributed by atoms with Gasteiger partial charge in [-0.15, -0.1) is 0 Å². The first-order valence-electron chi connectivity index (χ1n) is 18.3. The Bertz CT molecular complexity index is 1880. The molecule has 0 aliphatic carbocycles. The first kappa shape index (κ1) is 39.6. The molecule has 54 heavy (non-hydrogen) atoms. The van der Waals surface area contributed by atoms with Crippen LogP contribution in [0.15, 0.2) is 48.7 Å². The third-order valence-corrected chi connectivity index (χ3v) is 9.98. The van der Waals surface area contributed by atoms with E-state index in [1.807, 2.05) is 64.1 Å². The Kier molecular flexibility index (Phi) is 12.8. The number of amides is 5. The molecule has 3 aromatic rings. The van der Waals surface area contributed by atoms with Gasteiger partial charge in [0.05, 0.1) is 32.2 Å². The Labute approximate surface area is 314 Å². The van der Waals surface area contributed by atoms with Crippen molar-refractivity contribution in [1.82, 2.24) is 30.4 Å². The molecule has 4 atom stereocenters. The summed E-state index contributed by atoms with van der Waals surface area (Å²) in [7, 11) is 2.47. The van der Waals surface area contributed by atoms with E-state index in [1.165, 1.54) is 19.1 Å². The van der Waals surface area contributed by atoms with Gasteiger partial charge in [-0.2, -0.15) is 0 Å². The van der Waals surface area contributed by atoms with E-state index in [9.17, 15) is 28.8 Å². The number of carbonyl (C=O) groups excluding carboxylic acids is 6. The minimum Gasteiger partial charge on any atom is -0.453 e. The van der Waals surface area contributed by atoms with Crippen molar-refractivity contribution in [3.8, 4) is 11.1 Å². The van der Waals surface area contributed by atoms with Crippen LogP contribution in [0.2, 0.25) is 0 Å². The third kappa shape index (κ3) is 9.12. The highest BCUT2D eigenvalue weighted by molar-refractivity contribution is 5.98. The fourth-order valence-electron chi connectivity index (χ4n) is 7.01. The summed E-state index contributed by atoms with van der Waals surface area (Å²) >= 11 is 0. The summed E-state index contributed by atoms with van der Waals surface area (Å²) in [5.74, 6) is -1.14. The number of nitrogens with zero attached hydrogens (tertiary/aromatic N) is 4. The van der Waals surface area contributed by atoms with E-state index in [1.54, 1.807) is 17.2 Å². The fraction of sp³-hybridized carbons (Fsp3) is 0.487. The van der Waals surface area contributed by atoms with Gasteiger partial charge in [-0.05, 0) is 73.4 Å². The lowest BCUT2D eigenvalue weighted by Crippen LogP contribution is -2.54. The Morgan fingerprint density at radius 2 is 1.33 bits per heavy atom. The maximum absolute atomic E-state index is 13.5. The van der Waals surface area contributed by atoms with Gasteiger partial charge in [0.2, 0.25) is 17.7 Å². The largest absolute Gasteiger partial charge is 0.453 e. The predicted molar refractivity (Wildman–Crippen MR) is 200 cm³/mol. The average Bonchev–Trinajstić information content (AvgIpc) is 3.86. The van der Waals surface area contributed by atoms with Gasteiger partial charge in [0, 0.05) is 35.9 Å². The summed E-state index contributed by atoms with van der Waals surface area (Å²) in [6.45, 7) is 8.13. The minimum absolute atomic E-state index is 0.0650. The lowest BCUT2D eigenvalue weighted by molar-refractivity contribution is -0.139. The normalized spacial score (nSPS) is 18.0. The fourth-order valence-corrected chi connectivity index (χ4v) is 7.01. The van der Waals surface area contributed by atoms with Crippen LogP contribution in [-0.2, 0) is 35.1 Å². The molecule has 2 fully saturated rings.